The first-order chi connectivity index (χ1) is 22.8. The fraction of sp³-hybridized carbons (Fsp3) is 0.474. The minimum atomic E-state index is -1.96. The van der Waals surface area contributed by atoms with E-state index < -0.39 is 14.4 Å². The Balaban J connectivity index is 1.33. The normalized spacial score (nSPS) is 14.4. The molecule has 4 rings (SSSR count). The first kappa shape index (κ1) is 37.4. The lowest BCUT2D eigenvalue weighted by molar-refractivity contribution is -0.116. The fourth-order valence-corrected chi connectivity index (χ4v) is 6.59. The van der Waals surface area contributed by atoms with Crippen LogP contribution in [-0.2, 0) is 27.0 Å². The Kier molecular flexibility index (Phi) is 13.1. The topological polar surface area (TPSA) is 89.1 Å². The molecule has 0 saturated carbocycles. The number of nitrogens with zero attached hydrogens (tertiary/aromatic N) is 1. The maximum absolute atomic E-state index is 12.9. The van der Waals surface area contributed by atoms with E-state index >= 15 is 0 Å². The van der Waals surface area contributed by atoms with E-state index in [0.29, 0.717) is 35.9 Å². The molecular weight excluding hydrogens is 642 g/mol. The highest BCUT2D eigenvalue weighted by molar-refractivity contribution is 6.74. The number of likely N-dealkylation sites (tertiary alicyclic amines) is 1. The molecule has 8 nitrogen and oxygen atoms in total. The number of ether oxygens (including phenoxy) is 2. The van der Waals surface area contributed by atoms with Crippen molar-refractivity contribution >= 4 is 43.3 Å². The molecular formula is C38H52ClN3O5Si. The van der Waals surface area contributed by atoms with Crippen LogP contribution in [0.1, 0.15) is 64.0 Å². The summed E-state index contributed by atoms with van der Waals surface area (Å²) in [7, 11) is 1.73. The number of hydrogen-bond acceptors (Lipinski definition) is 6. The summed E-state index contributed by atoms with van der Waals surface area (Å²) in [5, 5.41) is 6.50. The number of halogens is 1. The summed E-state index contributed by atoms with van der Waals surface area (Å²) in [5.41, 5.74) is 5.12. The Hall–Kier alpha value is -3.37. The number of carbonyl (C=O) groups excluding carboxylic acids is 2. The minimum absolute atomic E-state index is 0.0778. The molecule has 48 heavy (non-hydrogen) atoms. The standard InChI is InChI=1S/C38H52ClN3O5Si/c1-38(2,3)48(6,7)46-26-29-24-32(39)34(25-35(29)45-5)40-36(43)16-12-11-13-27-17-18-31(28-14-9-8-10-15-28)33(23-27)41-37(44)47-30-19-21-42(4)22-20-30/h8-10,14-15,17-18,23-25,30H,11-13,16,19-22,26H2,1-7H3,(H,40,43)(H,41,44). The molecule has 0 aromatic heterocycles. The van der Waals surface area contributed by atoms with Crippen molar-refractivity contribution in [3.8, 4) is 16.9 Å². The Labute approximate surface area is 292 Å². The maximum Gasteiger partial charge on any atom is 0.411 e. The molecule has 0 bridgehead atoms. The van der Waals surface area contributed by atoms with Crippen molar-refractivity contribution < 1.29 is 23.5 Å². The zero-order valence-corrected chi connectivity index (χ0v) is 31.3. The minimum Gasteiger partial charge on any atom is -0.496 e. The van der Waals surface area contributed by atoms with Gasteiger partial charge in [-0.3, -0.25) is 10.1 Å². The van der Waals surface area contributed by atoms with Crippen molar-refractivity contribution in [2.24, 2.45) is 0 Å². The number of carbonyl (C=O) groups is 2. The monoisotopic (exact) mass is 693 g/mol. The van der Waals surface area contributed by atoms with Gasteiger partial charge < -0.3 is 24.1 Å². The Morgan fingerprint density at radius 1 is 0.958 bits per heavy atom. The van der Waals surface area contributed by atoms with Crippen LogP contribution in [0.15, 0.2) is 60.7 Å². The van der Waals surface area contributed by atoms with Gasteiger partial charge in [-0.25, -0.2) is 4.79 Å². The lowest BCUT2D eigenvalue weighted by Gasteiger charge is -2.36. The Morgan fingerprint density at radius 3 is 2.33 bits per heavy atom. The van der Waals surface area contributed by atoms with Crippen LogP contribution in [-0.4, -0.2) is 58.6 Å². The van der Waals surface area contributed by atoms with E-state index in [4.69, 9.17) is 25.5 Å². The number of unbranched alkanes of at least 4 members (excludes halogenated alkanes) is 1. The Bertz CT molecular complexity index is 1540. The summed E-state index contributed by atoms with van der Waals surface area (Å²) in [5.74, 6) is 0.523. The van der Waals surface area contributed by atoms with E-state index in [0.717, 1.165) is 66.7 Å². The van der Waals surface area contributed by atoms with Gasteiger partial charge in [-0.05, 0) is 80.5 Å². The number of methoxy groups -OCH3 is 1. The predicted octanol–water partition coefficient (Wildman–Crippen LogP) is 9.53. The van der Waals surface area contributed by atoms with Gasteiger partial charge in [0, 0.05) is 36.7 Å². The van der Waals surface area contributed by atoms with Gasteiger partial charge >= 0.3 is 6.09 Å². The van der Waals surface area contributed by atoms with E-state index in [1.807, 2.05) is 48.5 Å². The smallest absolute Gasteiger partial charge is 0.411 e. The number of benzene rings is 3. The second-order valence-corrected chi connectivity index (χ2v) is 19.4. The molecule has 0 atom stereocenters. The number of anilines is 2. The quantitative estimate of drug-likeness (QED) is 0.137. The van der Waals surface area contributed by atoms with Crippen molar-refractivity contribution in [1.82, 2.24) is 4.90 Å². The lowest BCUT2D eigenvalue weighted by atomic mass is 9.99. The molecule has 1 saturated heterocycles. The van der Waals surface area contributed by atoms with E-state index in [2.05, 4.69) is 62.5 Å². The average Bonchev–Trinajstić information content (AvgIpc) is 3.04. The molecule has 0 aliphatic carbocycles. The summed E-state index contributed by atoms with van der Waals surface area (Å²) in [6, 6.07) is 19.7. The van der Waals surface area contributed by atoms with Crippen molar-refractivity contribution in [1.29, 1.82) is 0 Å². The van der Waals surface area contributed by atoms with Gasteiger partial charge in [-0.1, -0.05) is 74.8 Å². The molecule has 0 spiro atoms. The van der Waals surface area contributed by atoms with Crippen molar-refractivity contribution in [2.45, 2.75) is 90.1 Å². The van der Waals surface area contributed by atoms with Crippen molar-refractivity contribution in [2.75, 3.05) is 37.9 Å². The Morgan fingerprint density at radius 2 is 1.67 bits per heavy atom. The van der Waals surface area contributed by atoms with Gasteiger partial charge in [-0.2, -0.15) is 0 Å². The summed E-state index contributed by atoms with van der Waals surface area (Å²) in [6.45, 7) is 13.3. The van der Waals surface area contributed by atoms with E-state index in [1.165, 1.54) is 0 Å². The summed E-state index contributed by atoms with van der Waals surface area (Å²) < 4.78 is 17.8. The molecule has 1 aliphatic heterocycles. The van der Waals surface area contributed by atoms with Crippen molar-refractivity contribution in [3.05, 3.63) is 76.8 Å². The molecule has 0 unspecified atom stereocenters. The molecule has 1 fully saturated rings. The molecule has 260 valence electrons. The van der Waals surface area contributed by atoms with Crippen LogP contribution in [0.25, 0.3) is 11.1 Å². The van der Waals surface area contributed by atoms with Crippen LogP contribution >= 0.6 is 11.6 Å². The van der Waals surface area contributed by atoms with E-state index in [9.17, 15) is 9.59 Å². The third-order valence-corrected chi connectivity index (χ3v) is 14.3. The van der Waals surface area contributed by atoms with Crippen LogP contribution in [0.5, 0.6) is 5.75 Å². The van der Waals surface area contributed by atoms with Crippen molar-refractivity contribution in [3.63, 3.8) is 0 Å². The van der Waals surface area contributed by atoms with E-state index in [-0.39, 0.29) is 17.0 Å². The number of hydrogen-bond donors (Lipinski definition) is 2. The largest absolute Gasteiger partial charge is 0.496 e. The highest BCUT2D eigenvalue weighted by Gasteiger charge is 2.37. The summed E-state index contributed by atoms with van der Waals surface area (Å²) in [4.78, 5) is 28.1. The van der Waals surface area contributed by atoms with E-state index in [1.54, 1.807) is 13.2 Å². The average molecular weight is 694 g/mol. The van der Waals surface area contributed by atoms with Gasteiger partial charge in [0.05, 0.1) is 30.1 Å². The zero-order chi connectivity index (χ0) is 34.9. The molecule has 1 aliphatic rings. The highest BCUT2D eigenvalue weighted by atomic mass is 35.5. The van der Waals surface area contributed by atoms with Crippen LogP contribution in [0.4, 0.5) is 16.2 Å². The highest BCUT2D eigenvalue weighted by Crippen LogP contribution is 2.39. The first-order valence-electron chi connectivity index (χ1n) is 16.9. The third kappa shape index (κ3) is 10.6. The first-order valence-corrected chi connectivity index (χ1v) is 20.2. The molecule has 10 heteroatoms. The number of piperidine rings is 1. The number of aryl methyl sites for hydroxylation is 1. The molecule has 0 radical (unpaired) electrons. The number of nitrogens with one attached hydrogen (secondary N) is 2. The summed E-state index contributed by atoms with van der Waals surface area (Å²) in [6.07, 6.45) is 3.77. The van der Waals surface area contributed by atoms with Crippen LogP contribution in [0.2, 0.25) is 23.2 Å². The second-order valence-electron chi connectivity index (χ2n) is 14.2. The summed E-state index contributed by atoms with van der Waals surface area (Å²) >= 11 is 6.60. The fourth-order valence-electron chi connectivity index (χ4n) is 5.41. The van der Waals surface area contributed by atoms with Gasteiger partial charge in [0.25, 0.3) is 0 Å². The second kappa shape index (κ2) is 16.8. The van der Waals surface area contributed by atoms with Gasteiger partial charge in [-0.15, -0.1) is 0 Å². The molecule has 2 N–H and O–H groups in total. The van der Waals surface area contributed by atoms with Gasteiger partial charge in [0.1, 0.15) is 11.9 Å². The van der Waals surface area contributed by atoms with Crippen LogP contribution in [0.3, 0.4) is 0 Å². The molecule has 3 aromatic rings. The predicted molar refractivity (Wildman–Crippen MR) is 199 cm³/mol. The van der Waals surface area contributed by atoms with Gasteiger partial charge in [0.15, 0.2) is 8.32 Å². The van der Waals surface area contributed by atoms with Crippen LogP contribution < -0.4 is 15.4 Å². The maximum atomic E-state index is 12.9. The van der Waals surface area contributed by atoms with Crippen LogP contribution in [0, 0.1) is 0 Å². The zero-order valence-electron chi connectivity index (χ0n) is 29.6. The molecule has 3 aromatic carbocycles. The lowest BCUT2D eigenvalue weighted by Crippen LogP contribution is -2.40. The number of rotatable bonds is 13. The van der Waals surface area contributed by atoms with Gasteiger partial charge in [0.2, 0.25) is 5.91 Å². The number of amides is 2. The third-order valence-electron chi connectivity index (χ3n) is 9.50. The molecule has 2 amide bonds. The molecule has 1 heterocycles. The SMILES string of the molecule is COc1cc(NC(=O)CCCCc2ccc(-c3ccccc3)c(NC(=O)OC3CCN(C)CC3)c2)c(Cl)cc1CO[Si](C)(C)C(C)(C)C.